The first-order valence-electron chi connectivity index (χ1n) is 7.80. The molecule has 0 heterocycles. The molecule has 2 N–H and O–H groups in total. The smallest absolute Gasteiger partial charge is 0.257 e. The zero-order valence-electron chi connectivity index (χ0n) is 13.6. The molecule has 0 spiro atoms. The summed E-state index contributed by atoms with van der Waals surface area (Å²) < 4.78 is 5.61. The van der Waals surface area contributed by atoms with Crippen molar-refractivity contribution >= 4 is 52.1 Å². The lowest BCUT2D eigenvalue weighted by Crippen LogP contribution is -2.34. The van der Waals surface area contributed by atoms with Gasteiger partial charge in [-0.05, 0) is 55.0 Å². The van der Waals surface area contributed by atoms with Crippen molar-refractivity contribution in [2.24, 2.45) is 0 Å². The molecule has 25 heavy (non-hydrogen) atoms. The van der Waals surface area contributed by atoms with Crippen molar-refractivity contribution in [1.29, 1.82) is 0 Å². The van der Waals surface area contributed by atoms with Crippen LogP contribution in [0.3, 0.4) is 0 Å². The SMILES string of the molecule is CCCCOc1cccc(C(=O)NC(=S)Nc2cc(Cl)ccc2Cl)c1. The summed E-state index contributed by atoms with van der Waals surface area (Å²) in [5, 5.41) is 6.56. The van der Waals surface area contributed by atoms with Gasteiger partial charge in [0.1, 0.15) is 5.75 Å². The van der Waals surface area contributed by atoms with Gasteiger partial charge in [-0.25, -0.2) is 0 Å². The van der Waals surface area contributed by atoms with E-state index in [1.54, 1.807) is 36.4 Å². The van der Waals surface area contributed by atoms with Crippen molar-refractivity contribution in [2.45, 2.75) is 19.8 Å². The predicted octanol–water partition coefficient (Wildman–Crippen LogP) is 5.30. The summed E-state index contributed by atoms with van der Waals surface area (Å²) in [7, 11) is 0. The third kappa shape index (κ3) is 6.20. The van der Waals surface area contributed by atoms with Crippen molar-refractivity contribution in [3.8, 4) is 5.75 Å². The van der Waals surface area contributed by atoms with Crippen LogP contribution in [0.5, 0.6) is 5.75 Å². The molecule has 2 aromatic carbocycles. The summed E-state index contributed by atoms with van der Waals surface area (Å²) >= 11 is 17.2. The van der Waals surface area contributed by atoms with Crippen molar-refractivity contribution in [2.75, 3.05) is 11.9 Å². The number of hydrogen-bond acceptors (Lipinski definition) is 3. The lowest BCUT2D eigenvalue weighted by Gasteiger charge is -2.12. The third-order valence-corrected chi connectivity index (χ3v) is 4.04. The summed E-state index contributed by atoms with van der Waals surface area (Å²) in [6, 6.07) is 11.9. The van der Waals surface area contributed by atoms with Crippen molar-refractivity contribution in [3.05, 3.63) is 58.1 Å². The van der Waals surface area contributed by atoms with Crippen LogP contribution in [0.2, 0.25) is 10.0 Å². The molecule has 0 radical (unpaired) electrons. The number of hydrogen-bond donors (Lipinski definition) is 2. The van der Waals surface area contributed by atoms with Gasteiger partial charge >= 0.3 is 0 Å². The summed E-state index contributed by atoms with van der Waals surface area (Å²) in [5.41, 5.74) is 0.978. The molecule has 0 aromatic heterocycles. The van der Waals surface area contributed by atoms with Crippen LogP contribution in [0, 0.1) is 0 Å². The number of benzene rings is 2. The van der Waals surface area contributed by atoms with Gasteiger partial charge in [0.25, 0.3) is 5.91 Å². The Morgan fingerprint density at radius 2 is 2.00 bits per heavy atom. The Morgan fingerprint density at radius 3 is 2.76 bits per heavy atom. The van der Waals surface area contributed by atoms with Crippen molar-refractivity contribution in [1.82, 2.24) is 5.32 Å². The van der Waals surface area contributed by atoms with E-state index in [0.29, 0.717) is 33.7 Å². The molecule has 0 unspecified atom stereocenters. The first-order chi connectivity index (χ1) is 12.0. The number of carbonyl (C=O) groups excluding carboxylic acids is 1. The molecule has 2 rings (SSSR count). The van der Waals surface area contributed by atoms with Gasteiger partial charge in [-0.3, -0.25) is 10.1 Å². The molecule has 2 aromatic rings. The summed E-state index contributed by atoms with van der Waals surface area (Å²) in [4.78, 5) is 12.3. The van der Waals surface area contributed by atoms with Gasteiger partial charge in [-0.1, -0.05) is 42.6 Å². The average molecular weight is 397 g/mol. The molecule has 132 valence electrons. The second-order valence-corrected chi connectivity index (χ2v) is 6.51. The normalized spacial score (nSPS) is 10.2. The number of anilines is 1. The Balaban J connectivity index is 1.98. The fourth-order valence-electron chi connectivity index (χ4n) is 1.98. The third-order valence-electron chi connectivity index (χ3n) is 3.27. The first-order valence-corrected chi connectivity index (χ1v) is 8.96. The lowest BCUT2D eigenvalue weighted by molar-refractivity contribution is 0.0977. The standard InChI is InChI=1S/C18H18Cl2N2O2S/c1-2-3-9-24-14-6-4-5-12(10-14)17(23)22-18(25)21-16-11-13(19)7-8-15(16)20/h4-8,10-11H,2-3,9H2,1H3,(H2,21,22,23,25). The monoisotopic (exact) mass is 396 g/mol. The van der Waals surface area contributed by atoms with E-state index in [0.717, 1.165) is 12.8 Å². The number of amides is 1. The number of thiocarbonyl (C=S) groups is 1. The maximum Gasteiger partial charge on any atom is 0.257 e. The molecular formula is C18H18Cl2N2O2S. The lowest BCUT2D eigenvalue weighted by atomic mass is 10.2. The van der Waals surface area contributed by atoms with Crippen LogP contribution in [0.1, 0.15) is 30.1 Å². The maximum atomic E-state index is 12.3. The van der Waals surface area contributed by atoms with Crippen LogP contribution in [0.15, 0.2) is 42.5 Å². The summed E-state index contributed by atoms with van der Waals surface area (Å²) in [6.07, 6.45) is 2.01. The molecule has 7 heteroatoms. The van der Waals surface area contributed by atoms with E-state index in [1.807, 2.05) is 6.07 Å². The van der Waals surface area contributed by atoms with Crippen LogP contribution in [0.4, 0.5) is 5.69 Å². The fourth-order valence-corrected chi connectivity index (χ4v) is 2.52. The molecule has 0 aliphatic carbocycles. The summed E-state index contributed by atoms with van der Waals surface area (Å²) in [5.74, 6) is 0.314. The van der Waals surface area contributed by atoms with Crippen LogP contribution in [-0.2, 0) is 0 Å². The Bertz CT molecular complexity index is 768. The maximum absolute atomic E-state index is 12.3. The average Bonchev–Trinajstić information content (AvgIpc) is 2.58. The van der Waals surface area contributed by atoms with E-state index < -0.39 is 0 Å². The molecule has 0 atom stereocenters. The molecule has 0 saturated carbocycles. The van der Waals surface area contributed by atoms with Crippen LogP contribution in [0.25, 0.3) is 0 Å². The van der Waals surface area contributed by atoms with Crippen molar-refractivity contribution < 1.29 is 9.53 Å². The Labute approximate surface area is 162 Å². The van der Waals surface area contributed by atoms with E-state index in [9.17, 15) is 4.79 Å². The van der Waals surface area contributed by atoms with E-state index >= 15 is 0 Å². The van der Waals surface area contributed by atoms with E-state index in [4.69, 9.17) is 40.2 Å². The van der Waals surface area contributed by atoms with Gasteiger partial charge in [0.2, 0.25) is 0 Å². The van der Waals surface area contributed by atoms with E-state index in [-0.39, 0.29) is 11.0 Å². The van der Waals surface area contributed by atoms with E-state index in [1.165, 1.54) is 0 Å². The topological polar surface area (TPSA) is 50.4 Å². The largest absolute Gasteiger partial charge is 0.494 e. The van der Waals surface area contributed by atoms with Gasteiger partial charge in [-0.15, -0.1) is 0 Å². The number of ether oxygens (including phenoxy) is 1. The Hall–Kier alpha value is -1.82. The van der Waals surface area contributed by atoms with Gasteiger partial charge < -0.3 is 10.1 Å². The predicted molar refractivity (Wildman–Crippen MR) is 107 cm³/mol. The molecule has 0 aliphatic rings. The number of unbranched alkanes of at least 4 members (excludes halogenated alkanes) is 1. The highest BCUT2D eigenvalue weighted by Gasteiger charge is 2.10. The van der Waals surface area contributed by atoms with Crippen LogP contribution in [-0.4, -0.2) is 17.6 Å². The van der Waals surface area contributed by atoms with Crippen LogP contribution >= 0.6 is 35.4 Å². The highest BCUT2D eigenvalue weighted by atomic mass is 35.5. The first kappa shape index (κ1) is 19.5. The van der Waals surface area contributed by atoms with Gasteiger partial charge in [0, 0.05) is 10.6 Å². The highest BCUT2D eigenvalue weighted by molar-refractivity contribution is 7.80. The number of nitrogens with one attached hydrogen (secondary N) is 2. The molecule has 0 bridgehead atoms. The van der Waals surface area contributed by atoms with Gasteiger partial charge in [0.15, 0.2) is 5.11 Å². The second kappa shape index (κ2) is 9.61. The van der Waals surface area contributed by atoms with Gasteiger partial charge in [0.05, 0.1) is 17.3 Å². The van der Waals surface area contributed by atoms with Crippen molar-refractivity contribution in [3.63, 3.8) is 0 Å². The zero-order valence-corrected chi connectivity index (χ0v) is 16.0. The fraction of sp³-hybridized carbons (Fsp3) is 0.222. The minimum atomic E-state index is -0.336. The molecule has 1 amide bonds. The molecule has 0 aliphatic heterocycles. The minimum absolute atomic E-state index is 0.131. The van der Waals surface area contributed by atoms with Crippen LogP contribution < -0.4 is 15.4 Å². The summed E-state index contributed by atoms with van der Waals surface area (Å²) in [6.45, 7) is 2.71. The van der Waals surface area contributed by atoms with Gasteiger partial charge in [-0.2, -0.15) is 0 Å². The minimum Gasteiger partial charge on any atom is -0.494 e. The number of carbonyl (C=O) groups is 1. The number of halogens is 2. The molecular weight excluding hydrogens is 379 g/mol. The Morgan fingerprint density at radius 1 is 1.20 bits per heavy atom. The van der Waals surface area contributed by atoms with E-state index in [2.05, 4.69) is 17.6 Å². The quantitative estimate of drug-likeness (QED) is 0.513. The molecule has 0 fully saturated rings. The highest BCUT2D eigenvalue weighted by Crippen LogP contribution is 2.25. The number of rotatable bonds is 6. The molecule has 4 nitrogen and oxygen atoms in total. The zero-order chi connectivity index (χ0) is 18.2. The second-order valence-electron chi connectivity index (χ2n) is 5.26. The molecule has 0 saturated heterocycles. The Kier molecular flexibility index (Phi) is 7.50.